The molecule has 0 spiro atoms. The van der Waals surface area contributed by atoms with E-state index in [1.165, 1.54) is 11.1 Å². The molecule has 0 fully saturated rings. The molecular weight excluding hydrogens is 278 g/mol. The van der Waals surface area contributed by atoms with E-state index in [4.69, 9.17) is 4.42 Å². The highest BCUT2D eigenvalue weighted by molar-refractivity contribution is 9.10. The Morgan fingerprint density at radius 3 is 2.71 bits per heavy atom. The van der Waals surface area contributed by atoms with Gasteiger partial charge in [-0.15, -0.1) is 0 Å². The molecule has 0 saturated heterocycles. The maximum absolute atomic E-state index is 5.41. The third kappa shape index (κ3) is 2.99. The Kier molecular flexibility index (Phi) is 4.02. The first-order valence-electron chi connectivity index (χ1n) is 5.69. The molecule has 1 aromatic heterocycles. The maximum atomic E-state index is 5.41. The zero-order valence-corrected chi connectivity index (χ0v) is 11.6. The van der Waals surface area contributed by atoms with Crippen molar-refractivity contribution in [1.29, 1.82) is 0 Å². The van der Waals surface area contributed by atoms with Crippen LogP contribution in [-0.2, 0) is 6.54 Å². The van der Waals surface area contributed by atoms with Gasteiger partial charge in [0.1, 0.15) is 5.76 Å². The van der Waals surface area contributed by atoms with Crippen molar-refractivity contribution < 1.29 is 4.42 Å². The number of furan rings is 1. The van der Waals surface area contributed by atoms with Crippen LogP contribution < -0.4 is 5.32 Å². The average molecular weight is 294 g/mol. The molecule has 0 saturated carbocycles. The van der Waals surface area contributed by atoms with E-state index in [0.717, 1.165) is 16.8 Å². The van der Waals surface area contributed by atoms with E-state index in [0.29, 0.717) is 0 Å². The maximum Gasteiger partial charge on any atom is 0.120 e. The molecular formula is C14H16BrNO. The number of rotatable bonds is 4. The van der Waals surface area contributed by atoms with Crippen molar-refractivity contribution in [3.8, 4) is 0 Å². The minimum Gasteiger partial charge on any atom is -0.468 e. The van der Waals surface area contributed by atoms with Gasteiger partial charge in [0.25, 0.3) is 0 Å². The van der Waals surface area contributed by atoms with Gasteiger partial charge in [0.15, 0.2) is 0 Å². The minimum atomic E-state index is 0.287. The first-order chi connectivity index (χ1) is 8.18. The number of halogens is 1. The van der Waals surface area contributed by atoms with E-state index in [9.17, 15) is 0 Å². The molecule has 2 rings (SSSR count). The predicted molar refractivity (Wildman–Crippen MR) is 72.8 cm³/mol. The quantitative estimate of drug-likeness (QED) is 0.914. The molecule has 0 radical (unpaired) electrons. The molecule has 17 heavy (non-hydrogen) atoms. The van der Waals surface area contributed by atoms with Crippen LogP contribution >= 0.6 is 15.9 Å². The van der Waals surface area contributed by atoms with Gasteiger partial charge in [0.2, 0.25) is 0 Å². The summed E-state index contributed by atoms with van der Waals surface area (Å²) in [7, 11) is 0. The number of aryl methyl sites for hydroxylation is 1. The molecule has 3 heteroatoms. The SMILES string of the molecule is Cc1ccoc1CNC(C)c1ccccc1Br. The smallest absolute Gasteiger partial charge is 0.120 e. The summed E-state index contributed by atoms with van der Waals surface area (Å²) in [4.78, 5) is 0. The Morgan fingerprint density at radius 1 is 1.29 bits per heavy atom. The fraction of sp³-hybridized carbons (Fsp3) is 0.286. The zero-order chi connectivity index (χ0) is 12.3. The van der Waals surface area contributed by atoms with E-state index in [-0.39, 0.29) is 6.04 Å². The second kappa shape index (κ2) is 5.52. The zero-order valence-electron chi connectivity index (χ0n) is 10.0. The highest BCUT2D eigenvalue weighted by atomic mass is 79.9. The van der Waals surface area contributed by atoms with Crippen LogP contribution in [0.3, 0.4) is 0 Å². The minimum absolute atomic E-state index is 0.287. The van der Waals surface area contributed by atoms with Gasteiger partial charge in [-0.3, -0.25) is 0 Å². The number of benzene rings is 1. The van der Waals surface area contributed by atoms with Crippen LogP contribution in [0.25, 0.3) is 0 Å². The predicted octanol–water partition coefficient (Wildman–Crippen LogP) is 4.20. The number of hydrogen-bond donors (Lipinski definition) is 1. The Balaban J connectivity index is 2.01. The molecule has 1 heterocycles. The third-order valence-corrected chi connectivity index (χ3v) is 3.63. The second-order valence-corrected chi connectivity index (χ2v) is 5.01. The summed E-state index contributed by atoms with van der Waals surface area (Å²) in [6, 6.07) is 10.5. The van der Waals surface area contributed by atoms with Crippen molar-refractivity contribution in [1.82, 2.24) is 5.32 Å². The van der Waals surface area contributed by atoms with E-state index in [1.807, 2.05) is 12.1 Å². The highest BCUT2D eigenvalue weighted by Gasteiger charge is 2.09. The van der Waals surface area contributed by atoms with Gasteiger partial charge in [-0.25, -0.2) is 0 Å². The van der Waals surface area contributed by atoms with Crippen molar-refractivity contribution in [2.45, 2.75) is 26.4 Å². The molecule has 0 amide bonds. The fourth-order valence-corrected chi connectivity index (χ4v) is 2.40. The molecule has 0 aliphatic rings. The molecule has 1 aromatic carbocycles. The van der Waals surface area contributed by atoms with Crippen LogP contribution in [-0.4, -0.2) is 0 Å². The summed E-state index contributed by atoms with van der Waals surface area (Å²) in [5.74, 6) is 1.00. The molecule has 1 unspecified atom stereocenters. The molecule has 0 bridgehead atoms. The first-order valence-corrected chi connectivity index (χ1v) is 6.48. The van der Waals surface area contributed by atoms with Gasteiger partial charge >= 0.3 is 0 Å². The summed E-state index contributed by atoms with van der Waals surface area (Å²) < 4.78 is 6.54. The summed E-state index contributed by atoms with van der Waals surface area (Å²) in [6.07, 6.45) is 1.73. The van der Waals surface area contributed by atoms with Crippen LogP contribution in [0.1, 0.15) is 29.9 Å². The molecule has 2 aromatic rings. The van der Waals surface area contributed by atoms with E-state index < -0.39 is 0 Å². The lowest BCUT2D eigenvalue weighted by Crippen LogP contribution is -2.18. The van der Waals surface area contributed by atoms with Crippen molar-refractivity contribution in [2.24, 2.45) is 0 Å². The second-order valence-electron chi connectivity index (χ2n) is 4.15. The lowest BCUT2D eigenvalue weighted by atomic mass is 10.1. The Labute approximate surface area is 110 Å². The van der Waals surface area contributed by atoms with Gasteiger partial charge in [-0.2, -0.15) is 0 Å². The Morgan fingerprint density at radius 2 is 2.06 bits per heavy atom. The third-order valence-electron chi connectivity index (χ3n) is 2.91. The van der Waals surface area contributed by atoms with E-state index in [1.54, 1.807) is 6.26 Å². The molecule has 1 N–H and O–H groups in total. The van der Waals surface area contributed by atoms with Crippen LogP contribution in [0.5, 0.6) is 0 Å². The number of nitrogens with one attached hydrogen (secondary N) is 1. The number of hydrogen-bond acceptors (Lipinski definition) is 2. The van der Waals surface area contributed by atoms with Gasteiger partial charge in [0, 0.05) is 10.5 Å². The fourth-order valence-electron chi connectivity index (χ4n) is 1.77. The van der Waals surface area contributed by atoms with Crippen molar-refractivity contribution in [2.75, 3.05) is 0 Å². The summed E-state index contributed by atoms with van der Waals surface area (Å²) >= 11 is 3.57. The van der Waals surface area contributed by atoms with Gasteiger partial charge in [-0.05, 0) is 37.1 Å². The Hall–Kier alpha value is -1.06. The topological polar surface area (TPSA) is 25.2 Å². The van der Waals surface area contributed by atoms with Crippen molar-refractivity contribution in [3.63, 3.8) is 0 Å². The normalized spacial score (nSPS) is 12.6. The highest BCUT2D eigenvalue weighted by Crippen LogP contribution is 2.23. The van der Waals surface area contributed by atoms with Crippen LogP contribution in [0, 0.1) is 6.92 Å². The van der Waals surface area contributed by atoms with Gasteiger partial charge in [0.05, 0.1) is 12.8 Å². The first kappa shape index (κ1) is 12.4. The molecule has 0 aliphatic heterocycles. The monoisotopic (exact) mass is 293 g/mol. The summed E-state index contributed by atoms with van der Waals surface area (Å²) in [6.45, 7) is 4.96. The lowest BCUT2D eigenvalue weighted by molar-refractivity contribution is 0.457. The molecule has 2 nitrogen and oxygen atoms in total. The lowest BCUT2D eigenvalue weighted by Gasteiger charge is -2.15. The van der Waals surface area contributed by atoms with E-state index >= 15 is 0 Å². The molecule has 0 aliphatic carbocycles. The molecule has 90 valence electrons. The largest absolute Gasteiger partial charge is 0.468 e. The Bertz CT molecular complexity index is 492. The van der Waals surface area contributed by atoms with Crippen molar-refractivity contribution >= 4 is 15.9 Å². The van der Waals surface area contributed by atoms with Crippen molar-refractivity contribution in [3.05, 3.63) is 58.0 Å². The molecule has 1 atom stereocenters. The van der Waals surface area contributed by atoms with Crippen LogP contribution in [0.4, 0.5) is 0 Å². The van der Waals surface area contributed by atoms with E-state index in [2.05, 4.69) is 53.3 Å². The summed E-state index contributed by atoms with van der Waals surface area (Å²) in [5, 5.41) is 3.46. The van der Waals surface area contributed by atoms with Gasteiger partial charge < -0.3 is 9.73 Å². The van der Waals surface area contributed by atoms with Gasteiger partial charge in [-0.1, -0.05) is 34.1 Å². The van der Waals surface area contributed by atoms with Crippen LogP contribution in [0.15, 0.2) is 45.5 Å². The standard InChI is InChI=1S/C14H16BrNO/c1-10-7-8-17-14(10)9-16-11(2)12-5-3-4-6-13(12)15/h3-8,11,16H,9H2,1-2H3. The summed E-state index contributed by atoms with van der Waals surface area (Å²) in [5.41, 5.74) is 2.45. The van der Waals surface area contributed by atoms with Crippen LogP contribution in [0.2, 0.25) is 0 Å². The average Bonchev–Trinajstić information content (AvgIpc) is 2.72.